The van der Waals surface area contributed by atoms with Crippen LogP contribution in [0.15, 0.2) is 53.5 Å². The topological polar surface area (TPSA) is 103 Å². The number of nitrogens with zero attached hydrogens (tertiary/aromatic N) is 5. The number of piperazine rings is 1. The molecule has 0 radical (unpaired) electrons. The molecule has 0 bridgehead atoms. The Morgan fingerprint density at radius 3 is 2.64 bits per heavy atom. The first-order valence-electron chi connectivity index (χ1n) is 12.6. The number of anilines is 3. The van der Waals surface area contributed by atoms with E-state index in [4.69, 9.17) is 9.72 Å². The maximum absolute atomic E-state index is 13.5. The van der Waals surface area contributed by atoms with Crippen molar-refractivity contribution < 1.29 is 13.9 Å². The molecule has 2 aromatic carbocycles. The molecule has 1 aliphatic heterocycles. The molecule has 0 amide bonds. The van der Waals surface area contributed by atoms with Gasteiger partial charge in [0, 0.05) is 61.4 Å². The van der Waals surface area contributed by atoms with Crippen LogP contribution in [0.25, 0.3) is 22.0 Å². The molecule has 0 spiro atoms. The Balaban J connectivity index is 1.64. The molecule has 1 aliphatic rings. The molecule has 0 unspecified atom stereocenters. The molecular formula is C28H27FN6O3S. The molecule has 5 rings (SSSR count). The van der Waals surface area contributed by atoms with E-state index in [0.29, 0.717) is 37.7 Å². The van der Waals surface area contributed by atoms with Gasteiger partial charge in [-0.25, -0.2) is 9.37 Å². The number of nitriles is 1. The number of fused-ring (bicyclic) bond motifs is 1. The van der Waals surface area contributed by atoms with Crippen LogP contribution in [0, 0.1) is 17.1 Å². The average Bonchev–Trinajstić information content (AvgIpc) is 3.39. The summed E-state index contributed by atoms with van der Waals surface area (Å²) in [5.74, 6) is -0.884. The van der Waals surface area contributed by atoms with Crippen molar-refractivity contribution in [3.8, 4) is 17.3 Å². The Morgan fingerprint density at radius 1 is 1.21 bits per heavy atom. The van der Waals surface area contributed by atoms with Crippen molar-refractivity contribution in [3.63, 3.8) is 0 Å². The summed E-state index contributed by atoms with van der Waals surface area (Å²) in [5.41, 5.74) is 2.42. The lowest BCUT2D eigenvalue weighted by atomic mass is 10.1. The Hall–Kier alpha value is -4.27. The highest BCUT2D eigenvalue weighted by molar-refractivity contribution is 7.16. The van der Waals surface area contributed by atoms with E-state index < -0.39 is 5.97 Å². The molecule has 0 aliphatic carbocycles. The molecule has 1 saturated heterocycles. The van der Waals surface area contributed by atoms with Gasteiger partial charge in [-0.05, 0) is 49.4 Å². The number of thiazole rings is 1. The fourth-order valence-corrected chi connectivity index (χ4v) is 5.51. The third kappa shape index (κ3) is 5.34. The van der Waals surface area contributed by atoms with Gasteiger partial charge in [-0.15, -0.1) is 0 Å². The van der Waals surface area contributed by atoms with Crippen molar-refractivity contribution in [2.45, 2.75) is 13.5 Å². The van der Waals surface area contributed by atoms with E-state index in [-0.39, 0.29) is 24.5 Å². The number of carbonyl (C=O) groups excluding carboxylic acids is 1. The number of pyridine rings is 1. The lowest BCUT2D eigenvalue weighted by molar-refractivity contribution is -0.143. The van der Waals surface area contributed by atoms with Gasteiger partial charge in [-0.1, -0.05) is 11.3 Å². The quantitative estimate of drug-likeness (QED) is 0.349. The van der Waals surface area contributed by atoms with Gasteiger partial charge in [0.05, 0.1) is 12.3 Å². The van der Waals surface area contributed by atoms with Crippen LogP contribution in [0.4, 0.5) is 20.9 Å². The number of halogens is 1. The van der Waals surface area contributed by atoms with E-state index in [0.717, 1.165) is 31.9 Å². The van der Waals surface area contributed by atoms with Crippen LogP contribution in [-0.4, -0.2) is 55.4 Å². The molecule has 4 aromatic rings. The first kappa shape index (κ1) is 26.3. The fourth-order valence-electron chi connectivity index (χ4n) is 4.65. The smallest absolute Gasteiger partial charge is 0.326 e. The number of esters is 1. The summed E-state index contributed by atoms with van der Waals surface area (Å²) in [5, 5.41) is 14.8. The zero-order valence-corrected chi connectivity index (χ0v) is 22.4. The number of nitrogens with one attached hydrogen (secondary N) is 1. The molecule has 2 aromatic heterocycles. The summed E-state index contributed by atoms with van der Waals surface area (Å²) >= 11 is 1.20. The number of ether oxygens (including phenoxy) is 1. The maximum atomic E-state index is 13.5. The second-order valence-electron chi connectivity index (χ2n) is 9.07. The summed E-state index contributed by atoms with van der Waals surface area (Å²) in [6.07, 6.45) is 1.63. The Kier molecular flexibility index (Phi) is 7.58. The number of hydrogen-bond donors (Lipinski definition) is 1. The number of hydrogen-bond acceptors (Lipinski definition) is 9. The highest BCUT2D eigenvalue weighted by Crippen LogP contribution is 2.38. The Labute approximate surface area is 228 Å². The van der Waals surface area contributed by atoms with Crippen molar-refractivity contribution in [2.75, 3.05) is 49.6 Å². The summed E-state index contributed by atoms with van der Waals surface area (Å²) in [7, 11) is 1.81. The van der Waals surface area contributed by atoms with Crippen LogP contribution < -0.4 is 20.7 Å². The van der Waals surface area contributed by atoms with E-state index in [1.165, 1.54) is 28.0 Å². The van der Waals surface area contributed by atoms with Crippen molar-refractivity contribution in [1.29, 1.82) is 5.26 Å². The summed E-state index contributed by atoms with van der Waals surface area (Å²) < 4.78 is 19.9. The van der Waals surface area contributed by atoms with Crippen LogP contribution in [0.5, 0.6) is 0 Å². The number of rotatable bonds is 7. The van der Waals surface area contributed by atoms with Gasteiger partial charge in [0.15, 0.2) is 5.13 Å². The molecular weight excluding hydrogens is 519 g/mol. The Morgan fingerprint density at radius 2 is 1.95 bits per heavy atom. The van der Waals surface area contributed by atoms with Crippen molar-refractivity contribution in [3.05, 3.63) is 69.7 Å². The predicted octanol–water partition coefficient (Wildman–Crippen LogP) is 3.88. The summed E-state index contributed by atoms with van der Waals surface area (Å²) in [6, 6.07) is 13.7. The standard InChI is InChI=1S/C28H27FN6O3S/c1-3-38-25(36)17-35-16-23(22-14-20(8-9-21(22)27(35)37)34-12-10-31-11-13-34)33(2)28-32-26(24(15-30)39-28)18-4-6-19(29)7-5-18/h4-9,14,16,31H,3,10-13,17H2,1-2H3. The number of carbonyl (C=O) groups is 1. The highest BCUT2D eigenvalue weighted by atomic mass is 32.1. The van der Waals surface area contributed by atoms with Gasteiger partial charge < -0.3 is 24.4 Å². The molecule has 200 valence electrons. The van der Waals surface area contributed by atoms with E-state index in [2.05, 4.69) is 16.3 Å². The second-order valence-corrected chi connectivity index (χ2v) is 10.0. The minimum Gasteiger partial charge on any atom is -0.465 e. The Bertz CT molecular complexity index is 1620. The minimum atomic E-state index is -0.510. The first-order chi connectivity index (χ1) is 18.9. The van der Waals surface area contributed by atoms with Crippen LogP contribution >= 0.6 is 11.3 Å². The van der Waals surface area contributed by atoms with E-state index >= 15 is 0 Å². The molecule has 3 heterocycles. The third-order valence-electron chi connectivity index (χ3n) is 6.62. The van der Waals surface area contributed by atoms with Crippen LogP contribution in [0.1, 0.15) is 11.8 Å². The van der Waals surface area contributed by atoms with Gasteiger partial charge in [0.25, 0.3) is 5.56 Å². The largest absolute Gasteiger partial charge is 0.465 e. The van der Waals surface area contributed by atoms with Crippen LogP contribution in [-0.2, 0) is 16.1 Å². The lowest BCUT2D eigenvalue weighted by Gasteiger charge is -2.30. The highest BCUT2D eigenvalue weighted by Gasteiger charge is 2.22. The fraction of sp³-hybridized carbons (Fsp3) is 0.286. The van der Waals surface area contributed by atoms with Crippen molar-refractivity contribution in [1.82, 2.24) is 14.9 Å². The van der Waals surface area contributed by atoms with Gasteiger partial charge in [-0.3, -0.25) is 9.59 Å². The minimum absolute atomic E-state index is 0.212. The molecule has 0 atom stereocenters. The molecule has 39 heavy (non-hydrogen) atoms. The number of aromatic nitrogens is 2. The van der Waals surface area contributed by atoms with E-state index in [9.17, 15) is 19.2 Å². The van der Waals surface area contributed by atoms with E-state index in [1.807, 2.05) is 17.0 Å². The zero-order chi connectivity index (χ0) is 27.5. The number of benzene rings is 2. The summed E-state index contributed by atoms with van der Waals surface area (Å²) in [4.78, 5) is 34.9. The molecule has 0 saturated carbocycles. The molecule has 1 fully saturated rings. The molecule has 11 heteroatoms. The molecule has 9 nitrogen and oxygen atoms in total. The second kappa shape index (κ2) is 11.2. The molecule has 1 N–H and O–H groups in total. The van der Waals surface area contributed by atoms with Gasteiger partial charge in [0.1, 0.15) is 29.0 Å². The normalized spacial score (nSPS) is 13.3. The predicted molar refractivity (Wildman–Crippen MR) is 150 cm³/mol. The SMILES string of the molecule is CCOC(=O)Cn1cc(N(C)c2nc(-c3ccc(F)cc3)c(C#N)s2)c2cc(N3CCNCC3)ccc2c1=O. The monoisotopic (exact) mass is 546 g/mol. The van der Waals surface area contributed by atoms with Crippen LogP contribution in [0.2, 0.25) is 0 Å². The van der Waals surface area contributed by atoms with Crippen molar-refractivity contribution in [2.24, 2.45) is 0 Å². The first-order valence-corrected chi connectivity index (χ1v) is 13.4. The lowest BCUT2D eigenvalue weighted by Crippen LogP contribution is -2.43. The average molecular weight is 547 g/mol. The van der Waals surface area contributed by atoms with Gasteiger partial charge in [-0.2, -0.15) is 5.26 Å². The van der Waals surface area contributed by atoms with Gasteiger partial charge in [0.2, 0.25) is 0 Å². The van der Waals surface area contributed by atoms with E-state index in [1.54, 1.807) is 38.4 Å². The maximum Gasteiger partial charge on any atom is 0.326 e. The van der Waals surface area contributed by atoms with Crippen LogP contribution in [0.3, 0.4) is 0 Å². The zero-order valence-electron chi connectivity index (χ0n) is 21.6. The van der Waals surface area contributed by atoms with Crippen molar-refractivity contribution >= 4 is 44.6 Å². The third-order valence-corrected chi connectivity index (χ3v) is 7.66. The van der Waals surface area contributed by atoms with Gasteiger partial charge >= 0.3 is 5.97 Å². The summed E-state index contributed by atoms with van der Waals surface area (Å²) in [6.45, 7) is 5.12.